The fourth-order valence-corrected chi connectivity index (χ4v) is 4.31. The molecule has 1 atom stereocenters. The highest BCUT2D eigenvalue weighted by Crippen LogP contribution is 2.29. The van der Waals surface area contributed by atoms with Crippen LogP contribution >= 0.6 is 12.2 Å². The van der Waals surface area contributed by atoms with Gasteiger partial charge in [-0.25, -0.2) is 0 Å². The highest BCUT2D eigenvalue weighted by Gasteiger charge is 2.23. The molecule has 2 N–H and O–H groups in total. The zero-order valence-corrected chi connectivity index (χ0v) is 18.7. The summed E-state index contributed by atoms with van der Waals surface area (Å²) in [6.07, 6.45) is 1.53. The van der Waals surface area contributed by atoms with Crippen LogP contribution in [-0.4, -0.2) is 17.6 Å². The van der Waals surface area contributed by atoms with Crippen LogP contribution in [0.1, 0.15) is 41.1 Å². The molecule has 4 rings (SSSR count). The Morgan fingerprint density at radius 1 is 0.968 bits per heavy atom. The molecule has 0 saturated carbocycles. The number of nitrogens with one attached hydrogen (secondary N) is 2. The van der Waals surface area contributed by atoms with Crippen LogP contribution in [0.2, 0.25) is 0 Å². The summed E-state index contributed by atoms with van der Waals surface area (Å²) in [7, 11) is 0. The summed E-state index contributed by atoms with van der Waals surface area (Å²) in [4.78, 5) is 14.1. The first-order chi connectivity index (χ1) is 15.0. The molecule has 0 spiro atoms. The molecule has 0 aliphatic carbocycles. The van der Waals surface area contributed by atoms with Gasteiger partial charge >= 0.3 is 0 Å². The van der Waals surface area contributed by atoms with Gasteiger partial charge in [0.1, 0.15) is 0 Å². The summed E-state index contributed by atoms with van der Waals surface area (Å²) in [5, 5.41) is 7.35. The van der Waals surface area contributed by atoms with Gasteiger partial charge in [0.05, 0.1) is 6.04 Å². The Balaban J connectivity index is 1.56. The second kappa shape index (κ2) is 9.31. The maximum Gasteiger partial charge on any atom is 0.227 e. The van der Waals surface area contributed by atoms with Gasteiger partial charge in [-0.3, -0.25) is 4.79 Å². The highest BCUT2D eigenvalue weighted by molar-refractivity contribution is 7.80. The van der Waals surface area contributed by atoms with Gasteiger partial charge in [0.2, 0.25) is 5.91 Å². The van der Waals surface area contributed by atoms with Crippen LogP contribution in [0.25, 0.3) is 0 Å². The number of hydrogen-bond acceptors (Lipinski definition) is 2. The van der Waals surface area contributed by atoms with Crippen LogP contribution < -0.4 is 15.5 Å². The van der Waals surface area contributed by atoms with E-state index in [-0.39, 0.29) is 11.9 Å². The Kier molecular flexibility index (Phi) is 6.33. The molecule has 158 valence electrons. The van der Waals surface area contributed by atoms with Gasteiger partial charge in [-0.1, -0.05) is 60.7 Å². The lowest BCUT2D eigenvalue weighted by molar-refractivity contribution is -0.117. The van der Waals surface area contributed by atoms with E-state index in [2.05, 4.69) is 47.9 Å². The molecule has 1 amide bonds. The van der Waals surface area contributed by atoms with E-state index < -0.39 is 0 Å². The summed E-state index contributed by atoms with van der Waals surface area (Å²) in [5.41, 5.74) is 6.44. The molecule has 3 aromatic carbocycles. The zero-order chi connectivity index (χ0) is 21.8. The van der Waals surface area contributed by atoms with E-state index in [1.807, 2.05) is 54.3 Å². The fourth-order valence-electron chi connectivity index (χ4n) is 4.08. The first kappa shape index (κ1) is 21.1. The van der Waals surface area contributed by atoms with E-state index >= 15 is 0 Å². The van der Waals surface area contributed by atoms with E-state index in [0.29, 0.717) is 11.5 Å². The molecule has 1 aliphatic heterocycles. The number of hydrogen-bond donors (Lipinski definition) is 2. The van der Waals surface area contributed by atoms with Crippen LogP contribution in [0.4, 0.5) is 11.4 Å². The third-order valence-corrected chi connectivity index (χ3v) is 5.96. The largest absolute Gasteiger partial charge is 0.352 e. The quantitative estimate of drug-likeness (QED) is 0.525. The number of amides is 1. The van der Waals surface area contributed by atoms with Crippen molar-refractivity contribution in [3.63, 3.8) is 0 Å². The van der Waals surface area contributed by atoms with Gasteiger partial charge < -0.3 is 15.5 Å². The summed E-state index contributed by atoms with van der Waals surface area (Å²) >= 11 is 5.69. The monoisotopic (exact) mass is 429 g/mol. The number of carbonyl (C=O) groups is 1. The second-order valence-electron chi connectivity index (χ2n) is 7.95. The number of benzene rings is 3. The smallest absolute Gasteiger partial charge is 0.227 e. The zero-order valence-electron chi connectivity index (χ0n) is 17.9. The molecular weight excluding hydrogens is 402 g/mol. The van der Waals surface area contributed by atoms with Gasteiger partial charge in [0, 0.05) is 24.3 Å². The Morgan fingerprint density at radius 3 is 2.42 bits per heavy atom. The van der Waals surface area contributed by atoms with Crippen molar-refractivity contribution < 1.29 is 4.79 Å². The average molecular weight is 430 g/mol. The number of anilines is 2. The van der Waals surface area contributed by atoms with Gasteiger partial charge in [0.15, 0.2) is 5.11 Å². The van der Waals surface area contributed by atoms with Crippen molar-refractivity contribution in [3.05, 3.63) is 95.1 Å². The number of nitrogens with zero attached hydrogens (tertiary/aromatic N) is 1. The summed E-state index contributed by atoms with van der Waals surface area (Å²) < 4.78 is 0. The third-order valence-electron chi connectivity index (χ3n) is 5.74. The molecule has 5 heteroatoms. The number of thiocarbonyl (C=S) groups is 1. The average Bonchev–Trinajstić information content (AvgIpc) is 3.20. The minimum Gasteiger partial charge on any atom is -0.352 e. The summed E-state index contributed by atoms with van der Waals surface area (Å²) in [5.74, 6) is 0.185. The summed E-state index contributed by atoms with van der Waals surface area (Å²) in [6, 6.07) is 24.6. The third kappa shape index (κ3) is 4.78. The lowest BCUT2D eigenvalue weighted by atomic mass is 9.95. The Morgan fingerprint density at radius 2 is 1.71 bits per heavy atom. The summed E-state index contributed by atoms with van der Waals surface area (Å²) in [6.45, 7) is 4.92. The first-order valence-corrected chi connectivity index (χ1v) is 11.0. The normalized spacial score (nSPS) is 14.4. The highest BCUT2D eigenvalue weighted by atomic mass is 32.1. The Labute approximate surface area is 189 Å². The standard InChI is InChI=1S/C26H27N3OS/c1-18-9-6-7-12-22(18)25(20-10-4-3-5-11-20)28-26(31)27-21-15-14-19(2)23(17-21)29-16-8-13-24(29)30/h3-7,9-12,14-15,17,25H,8,13,16H2,1-2H3,(H2,27,28,31)/t25-/m1/s1. The van der Waals surface area contributed by atoms with Crippen molar-refractivity contribution in [3.8, 4) is 0 Å². The van der Waals surface area contributed by atoms with Crippen molar-refractivity contribution in [2.24, 2.45) is 0 Å². The van der Waals surface area contributed by atoms with Crippen molar-refractivity contribution in [2.75, 3.05) is 16.8 Å². The maximum atomic E-state index is 12.2. The Bertz CT molecular complexity index is 1100. The van der Waals surface area contributed by atoms with E-state index in [1.54, 1.807) is 0 Å². The molecule has 1 saturated heterocycles. The van der Waals surface area contributed by atoms with Crippen LogP contribution in [0, 0.1) is 13.8 Å². The molecular formula is C26H27N3OS. The van der Waals surface area contributed by atoms with E-state index in [4.69, 9.17) is 12.2 Å². The van der Waals surface area contributed by atoms with Crippen LogP contribution in [0.5, 0.6) is 0 Å². The van der Waals surface area contributed by atoms with Gasteiger partial charge in [-0.15, -0.1) is 0 Å². The molecule has 1 heterocycles. The molecule has 31 heavy (non-hydrogen) atoms. The Hall–Kier alpha value is -3.18. The lowest BCUT2D eigenvalue weighted by Crippen LogP contribution is -2.33. The predicted molar refractivity (Wildman–Crippen MR) is 132 cm³/mol. The predicted octanol–water partition coefficient (Wildman–Crippen LogP) is 5.51. The number of rotatable bonds is 5. The topological polar surface area (TPSA) is 44.4 Å². The minimum absolute atomic E-state index is 0.0625. The molecule has 1 fully saturated rings. The molecule has 0 aromatic heterocycles. The lowest BCUT2D eigenvalue weighted by Gasteiger charge is -2.24. The SMILES string of the molecule is Cc1ccccc1[C@H](NC(=S)Nc1ccc(C)c(N2CCCC2=O)c1)c1ccccc1. The fraction of sp³-hybridized carbons (Fsp3) is 0.231. The molecule has 0 bridgehead atoms. The molecule has 1 aliphatic rings. The number of carbonyl (C=O) groups excluding carboxylic acids is 1. The molecule has 3 aromatic rings. The van der Waals surface area contributed by atoms with E-state index in [0.717, 1.165) is 35.5 Å². The van der Waals surface area contributed by atoms with Crippen LogP contribution in [0.3, 0.4) is 0 Å². The molecule has 4 nitrogen and oxygen atoms in total. The molecule has 0 radical (unpaired) electrons. The van der Waals surface area contributed by atoms with Crippen LogP contribution in [0.15, 0.2) is 72.8 Å². The van der Waals surface area contributed by atoms with E-state index in [9.17, 15) is 4.79 Å². The molecule has 0 unspecified atom stereocenters. The first-order valence-electron chi connectivity index (χ1n) is 10.6. The number of aryl methyl sites for hydroxylation is 2. The van der Waals surface area contributed by atoms with Crippen molar-refractivity contribution in [1.82, 2.24) is 5.32 Å². The van der Waals surface area contributed by atoms with Gasteiger partial charge in [-0.2, -0.15) is 0 Å². The second-order valence-corrected chi connectivity index (χ2v) is 8.36. The van der Waals surface area contributed by atoms with Crippen molar-refractivity contribution in [1.29, 1.82) is 0 Å². The maximum absolute atomic E-state index is 12.2. The van der Waals surface area contributed by atoms with Crippen molar-refractivity contribution >= 4 is 34.6 Å². The van der Waals surface area contributed by atoms with E-state index in [1.165, 1.54) is 11.1 Å². The van der Waals surface area contributed by atoms with Gasteiger partial charge in [0.25, 0.3) is 0 Å². The van der Waals surface area contributed by atoms with Gasteiger partial charge in [-0.05, 0) is 66.9 Å². The van der Waals surface area contributed by atoms with Crippen molar-refractivity contribution in [2.45, 2.75) is 32.7 Å². The minimum atomic E-state index is -0.0625. The van der Waals surface area contributed by atoms with Crippen LogP contribution in [-0.2, 0) is 4.79 Å².